The van der Waals surface area contributed by atoms with Crippen molar-refractivity contribution < 1.29 is 14.8 Å². The Balaban J connectivity index is 2.65. The molecule has 0 radical (unpaired) electrons. The number of hydrogen-bond donors (Lipinski definition) is 0. The Morgan fingerprint density at radius 1 is 0.870 bits per heavy atom. The molecule has 9 heteroatoms. The quantitative estimate of drug-likeness (QED) is 0.473. The molecule has 2 aromatic carbocycles. The van der Waals surface area contributed by atoms with Crippen LogP contribution in [-0.4, -0.2) is 14.8 Å². The maximum absolute atomic E-state index is 11.3. The molecule has 0 fully saturated rings. The van der Waals surface area contributed by atoms with Gasteiger partial charge in [0, 0.05) is 12.1 Å². The highest BCUT2D eigenvalue weighted by Crippen LogP contribution is 2.31. The Kier molecular flexibility index (Phi) is 4.41. The predicted octanol–water partition coefficient (Wildman–Crippen LogP) is 3.28. The summed E-state index contributed by atoms with van der Waals surface area (Å²) in [7, 11) is 0. The Morgan fingerprint density at radius 2 is 1.52 bits per heavy atom. The average molecular weight is 315 g/mol. The topological polar surface area (TPSA) is 129 Å². The summed E-state index contributed by atoms with van der Waals surface area (Å²) in [6.07, 6.45) is 1.17. The number of benzene rings is 2. The molecule has 0 bridgehead atoms. The van der Waals surface area contributed by atoms with Crippen molar-refractivity contribution in [1.82, 2.24) is 0 Å². The minimum Gasteiger partial charge on any atom is -0.258 e. The van der Waals surface area contributed by atoms with Gasteiger partial charge in [0.25, 0.3) is 17.1 Å². The third-order valence-corrected chi connectivity index (χ3v) is 2.96. The molecule has 116 valence electrons. The molecule has 9 nitrogen and oxygen atoms in total. The first-order chi connectivity index (χ1) is 10.9. The fraction of sp³-hybridized carbons (Fsp3) is 0. The van der Waals surface area contributed by atoms with Crippen LogP contribution in [0.25, 0.3) is 11.8 Å². The number of non-ortho nitro benzene ring substituents is 1. The van der Waals surface area contributed by atoms with Crippen LogP contribution >= 0.6 is 0 Å². The van der Waals surface area contributed by atoms with Crippen LogP contribution in [0.4, 0.5) is 11.4 Å². The molecule has 0 heterocycles. The molecule has 2 rings (SSSR count). The van der Waals surface area contributed by atoms with E-state index in [1.807, 2.05) is 0 Å². The molecule has 0 atom stereocenters. The van der Waals surface area contributed by atoms with Crippen molar-refractivity contribution in [3.63, 3.8) is 0 Å². The Morgan fingerprint density at radius 3 is 2.04 bits per heavy atom. The minimum absolute atomic E-state index is 0.297. The highest BCUT2D eigenvalue weighted by Gasteiger charge is 2.28. The zero-order chi connectivity index (χ0) is 17.0. The molecule has 0 unspecified atom stereocenters. The SMILES string of the molecule is O=[N+]([O-])/C(=C/c1ccccc1)c1ccc([N+](=O)[O-])cc1[N+](=O)[O-]. The van der Waals surface area contributed by atoms with E-state index < -0.39 is 31.8 Å². The number of nitro groups is 3. The maximum Gasteiger partial charge on any atom is 0.290 e. The molecular weight excluding hydrogens is 306 g/mol. The highest BCUT2D eigenvalue weighted by atomic mass is 16.6. The summed E-state index contributed by atoms with van der Waals surface area (Å²) in [5.41, 5.74) is -1.54. The summed E-state index contributed by atoms with van der Waals surface area (Å²) >= 11 is 0. The van der Waals surface area contributed by atoms with E-state index in [1.54, 1.807) is 30.3 Å². The van der Waals surface area contributed by atoms with Gasteiger partial charge in [0.05, 0.1) is 20.8 Å². The Labute approximate surface area is 128 Å². The molecule has 0 aliphatic rings. The minimum atomic E-state index is -0.884. The molecule has 0 saturated carbocycles. The lowest BCUT2D eigenvalue weighted by molar-refractivity contribution is -0.397. The molecule has 0 aromatic heterocycles. The first-order valence-electron chi connectivity index (χ1n) is 6.24. The van der Waals surface area contributed by atoms with Gasteiger partial charge in [0.1, 0.15) is 5.56 Å². The van der Waals surface area contributed by atoms with Gasteiger partial charge in [-0.1, -0.05) is 30.3 Å². The second-order valence-corrected chi connectivity index (χ2v) is 4.41. The first kappa shape index (κ1) is 15.8. The number of rotatable bonds is 5. The largest absolute Gasteiger partial charge is 0.290 e. The van der Waals surface area contributed by atoms with Crippen LogP contribution in [0, 0.1) is 30.3 Å². The van der Waals surface area contributed by atoms with Crippen molar-refractivity contribution in [3.8, 4) is 0 Å². The lowest BCUT2D eigenvalue weighted by atomic mass is 10.1. The van der Waals surface area contributed by atoms with Gasteiger partial charge in [0.2, 0.25) is 0 Å². The standard InChI is InChI=1S/C14H9N3O6/c18-15(19)11-6-7-12(14(9-11)17(22)23)13(16(20)21)8-10-4-2-1-3-5-10/h1-9H/b13-8+. The number of hydrogen-bond acceptors (Lipinski definition) is 6. The van der Waals surface area contributed by atoms with Crippen molar-refractivity contribution in [2.45, 2.75) is 0 Å². The molecule has 0 aliphatic heterocycles. The van der Waals surface area contributed by atoms with Gasteiger partial charge >= 0.3 is 0 Å². The Hall–Kier alpha value is -3.62. The predicted molar refractivity (Wildman–Crippen MR) is 81.1 cm³/mol. The summed E-state index contributed by atoms with van der Waals surface area (Å²) in [6, 6.07) is 10.9. The van der Waals surface area contributed by atoms with Crippen molar-refractivity contribution in [2.75, 3.05) is 0 Å². The zero-order valence-electron chi connectivity index (χ0n) is 11.5. The van der Waals surface area contributed by atoms with E-state index in [4.69, 9.17) is 0 Å². The van der Waals surface area contributed by atoms with E-state index in [-0.39, 0.29) is 5.56 Å². The first-order valence-corrected chi connectivity index (χ1v) is 6.24. The molecule has 0 amide bonds. The van der Waals surface area contributed by atoms with Crippen LogP contribution in [0.1, 0.15) is 11.1 Å². The molecule has 23 heavy (non-hydrogen) atoms. The fourth-order valence-electron chi connectivity index (χ4n) is 1.94. The van der Waals surface area contributed by atoms with E-state index in [2.05, 4.69) is 0 Å². The second-order valence-electron chi connectivity index (χ2n) is 4.41. The molecule has 0 N–H and O–H groups in total. The summed E-state index contributed by atoms with van der Waals surface area (Å²) in [5, 5.41) is 33.1. The van der Waals surface area contributed by atoms with E-state index in [1.165, 1.54) is 6.08 Å². The van der Waals surface area contributed by atoms with Crippen LogP contribution in [0.15, 0.2) is 48.5 Å². The third-order valence-electron chi connectivity index (χ3n) is 2.96. The summed E-state index contributed by atoms with van der Waals surface area (Å²) in [5.74, 6) is 0. The smallest absolute Gasteiger partial charge is 0.258 e. The van der Waals surface area contributed by atoms with Crippen LogP contribution < -0.4 is 0 Å². The average Bonchev–Trinajstić information content (AvgIpc) is 2.52. The summed E-state index contributed by atoms with van der Waals surface area (Å²) in [4.78, 5) is 30.7. The normalized spacial score (nSPS) is 11.0. The molecule has 0 spiro atoms. The fourth-order valence-corrected chi connectivity index (χ4v) is 1.94. The van der Waals surface area contributed by atoms with Crippen molar-refractivity contribution in [3.05, 3.63) is 90.0 Å². The maximum atomic E-state index is 11.3. The van der Waals surface area contributed by atoms with E-state index in [0.29, 0.717) is 11.6 Å². The van der Waals surface area contributed by atoms with Crippen molar-refractivity contribution in [1.29, 1.82) is 0 Å². The zero-order valence-corrected chi connectivity index (χ0v) is 11.5. The van der Waals surface area contributed by atoms with Crippen LogP contribution in [0.5, 0.6) is 0 Å². The summed E-state index contributed by atoms with van der Waals surface area (Å²) < 4.78 is 0. The molecule has 2 aromatic rings. The second kappa shape index (κ2) is 6.43. The van der Waals surface area contributed by atoms with Gasteiger partial charge in [-0.3, -0.25) is 30.3 Å². The van der Waals surface area contributed by atoms with E-state index in [9.17, 15) is 30.3 Å². The van der Waals surface area contributed by atoms with Gasteiger partial charge in [-0.2, -0.15) is 0 Å². The number of nitrogens with zero attached hydrogens (tertiary/aromatic N) is 3. The highest BCUT2D eigenvalue weighted by molar-refractivity contribution is 5.81. The van der Waals surface area contributed by atoms with Crippen LogP contribution in [-0.2, 0) is 0 Å². The van der Waals surface area contributed by atoms with Crippen molar-refractivity contribution >= 4 is 23.1 Å². The lowest BCUT2D eigenvalue weighted by Crippen LogP contribution is -2.03. The summed E-state index contributed by atoms with van der Waals surface area (Å²) in [6.45, 7) is 0. The number of nitro benzene ring substituents is 2. The third kappa shape index (κ3) is 3.53. The lowest BCUT2D eigenvalue weighted by Gasteiger charge is -2.02. The van der Waals surface area contributed by atoms with Gasteiger partial charge in [-0.25, -0.2) is 0 Å². The molecule has 0 saturated heterocycles. The van der Waals surface area contributed by atoms with Crippen molar-refractivity contribution in [2.24, 2.45) is 0 Å². The van der Waals surface area contributed by atoms with Gasteiger partial charge in [0.15, 0.2) is 0 Å². The van der Waals surface area contributed by atoms with Crippen LogP contribution in [0.2, 0.25) is 0 Å². The Bertz CT molecular complexity index is 817. The van der Waals surface area contributed by atoms with E-state index in [0.717, 1.165) is 12.1 Å². The van der Waals surface area contributed by atoms with Gasteiger partial charge < -0.3 is 0 Å². The monoisotopic (exact) mass is 315 g/mol. The van der Waals surface area contributed by atoms with Gasteiger partial charge in [-0.05, 0) is 11.6 Å². The molecular formula is C14H9N3O6. The van der Waals surface area contributed by atoms with E-state index >= 15 is 0 Å². The van der Waals surface area contributed by atoms with Crippen LogP contribution in [0.3, 0.4) is 0 Å². The van der Waals surface area contributed by atoms with Gasteiger partial charge in [-0.15, -0.1) is 0 Å². The molecule has 0 aliphatic carbocycles.